The van der Waals surface area contributed by atoms with Crippen LogP contribution in [0.25, 0.3) is 0 Å². The van der Waals surface area contributed by atoms with Crippen LogP contribution in [0.3, 0.4) is 0 Å². The maximum absolute atomic E-state index is 11.2. The van der Waals surface area contributed by atoms with Crippen LogP contribution < -0.4 is 0 Å². The third-order valence-corrected chi connectivity index (χ3v) is 5.68. The molecule has 1 nitrogen and oxygen atoms in total. The smallest absolute Gasteiger partial charge is 0.125 e. The SMILES string of the molecule is OC1(c2sccc2Br)CCCCc2ccccc21. The molecule has 1 aromatic carbocycles. The summed E-state index contributed by atoms with van der Waals surface area (Å²) >= 11 is 5.20. The number of rotatable bonds is 1. The van der Waals surface area contributed by atoms with Crippen molar-refractivity contribution < 1.29 is 5.11 Å². The minimum absolute atomic E-state index is 0.809. The summed E-state index contributed by atoms with van der Waals surface area (Å²) in [7, 11) is 0. The van der Waals surface area contributed by atoms with Gasteiger partial charge in [0.2, 0.25) is 0 Å². The fraction of sp³-hybridized carbons (Fsp3) is 0.333. The predicted molar refractivity (Wildman–Crippen MR) is 79.0 cm³/mol. The molecule has 0 amide bonds. The second-order valence-electron chi connectivity index (χ2n) is 4.82. The lowest BCUT2D eigenvalue weighted by Gasteiger charge is -2.28. The first-order valence-electron chi connectivity index (χ1n) is 6.26. The third kappa shape index (κ3) is 1.94. The summed E-state index contributed by atoms with van der Waals surface area (Å²) in [6.07, 6.45) is 4.10. The maximum atomic E-state index is 11.2. The summed E-state index contributed by atoms with van der Waals surface area (Å²) in [4.78, 5) is 1.04. The first-order chi connectivity index (χ1) is 8.72. The van der Waals surface area contributed by atoms with Gasteiger partial charge in [0.15, 0.2) is 0 Å². The van der Waals surface area contributed by atoms with E-state index in [-0.39, 0.29) is 0 Å². The average Bonchev–Trinajstić information content (AvgIpc) is 2.74. The van der Waals surface area contributed by atoms with Crippen LogP contribution in [0.5, 0.6) is 0 Å². The zero-order chi connectivity index (χ0) is 12.6. The molecule has 0 bridgehead atoms. The van der Waals surface area contributed by atoms with Gasteiger partial charge in [-0.05, 0) is 64.2 Å². The van der Waals surface area contributed by atoms with E-state index >= 15 is 0 Å². The molecule has 0 spiro atoms. The van der Waals surface area contributed by atoms with E-state index in [1.54, 1.807) is 11.3 Å². The van der Waals surface area contributed by atoms with Gasteiger partial charge in [0, 0.05) is 4.47 Å². The molecule has 1 heterocycles. The first kappa shape index (κ1) is 12.4. The zero-order valence-electron chi connectivity index (χ0n) is 10.0. The zero-order valence-corrected chi connectivity index (χ0v) is 12.4. The van der Waals surface area contributed by atoms with Crippen molar-refractivity contribution in [2.45, 2.75) is 31.3 Å². The summed E-state index contributed by atoms with van der Waals surface area (Å²) in [6, 6.07) is 10.3. The van der Waals surface area contributed by atoms with E-state index in [1.807, 2.05) is 17.5 Å². The van der Waals surface area contributed by atoms with Crippen molar-refractivity contribution in [2.75, 3.05) is 0 Å². The molecule has 2 aromatic rings. The van der Waals surface area contributed by atoms with Crippen LogP contribution in [0.4, 0.5) is 0 Å². The summed E-state index contributed by atoms with van der Waals surface area (Å²) in [5.74, 6) is 0. The third-order valence-electron chi connectivity index (χ3n) is 3.69. The second kappa shape index (κ2) is 4.80. The highest BCUT2D eigenvalue weighted by atomic mass is 79.9. The topological polar surface area (TPSA) is 20.2 Å². The largest absolute Gasteiger partial charge is 0.379 e. The Hall–Kier alpha value is -0.640. The minimum atomic E-state index is -0.819. The van der Waals surface area contributed by atoms with Crippen molar-refractivity contribution in [3.05, 3.63) is 56.2 Å². The molecule has 0 fully saturated rings. The van der Waals surface area contributed by atoms with Crippen LogP contribution in [0.15, 0.2) is 40.2 Å². The van der Waals surface area contributed by atoms with Gasteiger partial charge < -0.3 is 5.11 Å². The van der Waals surface area contributed by atoms with Gasteiger partial charge in [0.05, 0.1) is 4.88 Å². The molecule has 1 N–H and O–H groups in total. The highest BCUT2D eigenvalue weighted by Gasteiger charge is 2.37. The molecule has 3 heteroatoms. The number of thiophene rings is 1. The lowest BCUT2D eigenvalue weighted by molar-refractivity contribution is 0.0736. The molecule has 1 atom stereocenters. The fourth-order valence-electron chi connectivity index (χ4n) is 2.80. The van der Waals surface area contributed by atoms with E-state index in [1.165, 1.54) is 5.56 Å². The van der Waals surface area contributed by atoms with Crippen molar-refractivity contribution in [1.29, 1.82) is 0 Å². The van der Waals surface area contributed by atoms with Crippen LogP contribution in [0, 0.1) is 0 Å². The first-order valence-corrected chi connectivity index (χ1v) is 7.93. The molecular weight excluding hydrogens is 308 g/mol. The number of hydrogen-bond acceptors (Lipinski definition) is 2. The Morgan fingerprint density at radius 1 is 1.17 bits per heavy atom. The lowest BCUT2D eigenvalue weighted by atomic mass is 9.86. The van der Waals surface area contributed by atoms with Gasteiger partial charge in [-0.2, -0.15) is 0 Å². The van der Waals surface area contributed by atoms with Gasteiger partial charge in [-0.1, -0.05) is 24.3 Å². The summed E-state index contributed by atoms with van der Waals surface area (Å²) in [5, 5.41) is 13.3. The van der Waals surface area contributed by atoms with E-state index < -0.39 is 5.60 Å². The average molecular weight is 323 g/mol. The van der Waals surface area contributed by atoms with Crippen molar-refractivity contribution in [3.63, 3.8) is 0 Å². The summed E-state index contributed by atoms with van der Waals surface area (Å²) < 4.78 is 1.02. The Labute approximate surface area is 120 Å². The molecule has 1 aliphatic rings. The van der Waals surface area contributed by atoms with E-state index in [0.29, 0.717) is 0 Å². The molecule has 18 heavy (non-hydrogen) atoms. The Morgan fingerprint density at radius 3 is 2.78 bits per heavy atom. The number of halogens is 1. The van der Waals surface area contributed by atoms with Crippen molar-refractivity contribution in [2.24, 2.45) is 0 Å². The van der Waals surface area contributed by atoms with Gasteiger partial charge in [-0.25, -0.2) is 0 Å². The van der Waals surface area contributed by atoms with Gasteiger partial charge in [0.1, 0.15) is 5.60 Å². The van der Waals surface area contributed by atoms with Crippen molar-refractivity contribution >= 4 is 27.3 Å². The summed E-state index contributed by atoms with van der Waals surface area (Å²) in [6.45, 7) is 0. The number of hydrogen-bond donors (Lipinski definition) is 1. The fourth-order valence-corrected chi connectivity index (χ4v) is 4.64. The molecule has 1 aromatic heterocycles. The van der Waals surface area contributed by atoms with E-state index in [9.17, 15) is 5.11 Å². The molecule has 0 saturated heterocycles. The Kier molecular flexibility index (Phi) is 3.31. The van der Waals surface area contributed by atoms with Crippen molar-refractivity contribution in [3.8, 4) is 0 Å². The summed E-state index contributed by atoms with van der Waals surface area (Å²) in [5.41, 5.74) is 1.56. The van der Waals surface area contributed by atoms with Crippen LogP contribution in [-0.2, 0) is 12.0 Å². The molecular formula is C15H15BrOS. The van der Waals surface area contributed by atoms with Gasteiger partial charge >= 0.3 is 0 Å². The van der Waals surface area contributed by atoms with E-state index in [0.717, 1.165) is 40.6 Å². The molecule has 1 aliphatic carbocycles. The van der Waals surface area contributed by atoms with Crippen molar-refractivity contribution in [1.82, 2.24) is 0 Å². The maximum Gasteiger partial charge on any atom is 0.125 e. The molecule has 0 aliphatic heterocycles. The standard InChI is InChI=1S/C15H15BrOS/c16-13-8-10-18-14(13)15(17)9-4-3-6-11-5-1-2-7-12(11)15/h1-2,5,7-8,10,17H,3-4,6,9H2. The van der Waals surface area contributed by atoms with Crippen LogP contribution in [0.1, 0.15) is 35.3 Å². The normalized spacial score (nSPS) is 23.4. The number of aryl methyl sites for hydroxylation is 1. The molecule has 3 rings (SSSR count). The Morgan fingerprint density at radius 2 is 2.00 bits per heavy atom. The number of benzene rings is 1. The number of aliphatic hydroxyl groups is 1. The second-order valence-corrected chi connectivity index (χ2v) is 6.59. The number of fused-ring (bicyclic) bond motifs is 1. The van der Waals surface area contributed by atoms with Gasteiger partial charge in [0.25, 0.3) is 0 Å². The predicted octanol–water partition coefficient (Wildman–Crippen LogP) is 4.47. The minimum Gasteiger partial charge on any atom is -0.379 e. The lowest BCUT2D eigenvalue weighted by Crippen LogP contribution is -2.26. The Bertz CT molecular complexity index is 563. The highest BCUT2D eigenvalue weighted by molar-refractivity contribution is 9.10. The van der Waals surface area contributed by atoms with E-state index in [4.69, 9.17) is 0 Å². The molecule has 1 unspecified atom stereocenters. The monoisotopic (exact) mass is 322 g/mol. The Balaban J connectivity index is 2.19. The van der Waals surface area contributed by atoms with E-state index in [2.05, 4.69) is 34.1 Å². The molecule has 0 radical (unpaired) electrons. The van der Waals surface area contributed by atoms with Crippen LogP contribution >= 0.6 is 27.3 Å². The van der Waals surface area contributed by atoms with Crippen LogP contribution in [0.2, 0.25) is 0 Å². The molecule has 0 saturated carbocycles. The molecule has 94 valence electrons. The van der Waals surface area contributed by atoms with Gasteiger partial charge in [-0.15, -0.1) is 11.3 Å². The van der Waals surface area contributed by atoms with Crippen LogP contribution in [-0.4, -0.2) is 5.11 Å². The highest BCUT2D eigenvalue weighted by Crippen LogP contribution is 2.44. The van der Waals surface area contributed by atoms with Gasteiger partial charge in [-0.3, -0.25) is 0 Å². The quantitative estimate of drug-likeness (QED) is 0.768.